The molecule has 0 radical (unpaired) electrons. The quantitative estimate of drug-likeness (QED) is 0.213. The molecule has 5 atom stereocenters. The zero-order chi connectivity index (χ0) is 23.3. The van der Waals surface area contributed by atoms with E-state index < -0.39 is 0 Å². The normalized spacial score (nSPS) is 25.8. The van der Waals surface area contributed by atoms with Crippen LogP contribution in [-0.4, -0.2) is 15.6 Å². The zero-order valence-electron chi connectivity index (χ0n) is 17.1. The van der Waals surface area contributed by atoms with Gasteiger partial charge in [0.05, 0.1) is 31.9 Å². The van der Waals surface area contributed by atoms with E-state index in [0.29, 0.717) is 21.4 Å². The molecule has 170 valence electrons. The van der Waals surface area contributed by atoms with E-state index in [1.54, 1.807) is 36.4 Å². The highest BCUT2D eigenvalue weighted by Crippen LogP contribution is 2.59. The topological polar surface area (TPSA) is 55.2 Å². The summed E-state index contributed by atoms with van der Waals surface area (Å²) in [6.45, 7) is 0. The van der Waals surface area contributed by atoms with Crippen molar-refractivity contribution in [1.29, 1.82) is 0 Å². The van der Waals surface area contributed by atoms with Crippen LogP contribution in [0.25, 0.3) is 0 Å². The van der Waals surface area contributed by atoms with Crippen LogP contribution in [-0.2, 0) is 0 Å². The predicted molar refractivity (Wildman–Crippen MR) is 132 cm³/mol. The van der Waals surface area contributed by atoms with Gasteiger partial charge >= 0.3 is 0 Å². The maximum Gasteiger partial charge on any atom is 0.282 e. The minimum atomic E-state index is -0.370. The Balaban J connectivity index is 1.56. The molecule has 33 heavy (non-hydrogen) atoms. The summed E-state index contributed by atoms with van der Waals surface area (Å²) in [5, 5.41) is 15.7. The number of nitro groups is 1. The van der Waals surface area contributed by atoms with Gasteiger partial charge in [-0.1, -0.05) is 47.5 Å². The monoisotopic (exact) mass is 522 g/mol. The van der Waals surface area contributed by atoms with Crippen LogP contribution < -0.4 is 5.32 Å². The van der Waals surface area contributed by atoms with Crippen molar-refractivity contribution in [2.24, 2.45) is 5.92 Å². The number of nitrogens with one attached hydrogen (secondary N) is 1. The molecule has 1 N–H and O–H groups in total. The van der Waals surface area contributed by atoms with E-state index in [-0.39, 0.29) is 44.9 Å². The van der Waals surface area contributed by atoms with Crippen molar-refractivity contribution in [3.63, 3.8) is 0 Å². The second kappa shape index (κ2) is 8.99. The summed E-state index contributed by atoms with van der Waals surface area (Å²) in [6, 6.07) is 16.6. The summed E-state index contributed by atoms with van der Waals surface area (Å²) in [5.41, 5.74) is 2.73. The number of nitrogens with zero attached hydrogens (tertiary/aromatic N) is 1. The van der Waals surface area contributed by atoms with Crippen molar-refractivity contribution in [2.75, 3.05) is 5.32 Å². The number of hydrogen-bond donors (Lipinski definition) is 1. The molecule has 0 saturated heterocycles. The van der Waals surface area contributed by atoms with Gasteiger partial charge in [-0.25, -0.2) is 4.39 Å². The average molecular weight is 524 g/mol. The second-order valence-electron chi connectivity index (χ2n) is 8.28. The Kier molecular flexibility index (Phi) is 6.21. The molecule has 0 bridgehead atoms. The molecular weight excluding hydrogens is 506 g/mol. The van der Waals surface area contributed by atoms with Crippen LogP contribution in [0.1, 0.15) is 29.5 Å². The number of para-hydroxylation sites is 1. The summed E-state index contributed by atoms with van der Waals surface area (Å²) in [5.74, 6) is -0.308. The molecule has 3 aromatic carbocycles. The fourth-order valence-corrected chi connectivity index (χ4v) is 7.52. The molecule has 9 heteroatoms. The molecule has 1 heterocycles. The number of alkyl halides is 1. The van der Waals surface area contributed by atoms with E-state index in [1.807, 2.05) is 6.07 Å². The van der Waals surface area contributed by atoms with Crippen molar-refractivity contribution < 1.29 is 9.31 Å². The molecule has 1 saturated carbocycles. The molecule has 0 aromatic heterocycles. The molecule has 1 fully saturated rings. The van der Waals surface area contributed by atoms with E-state index in [0.717, 1.165) is 16.8 Å². The lowest BCUT2D eigenvalue weighted by Crippen LogP contribution is -2.31. The van der Waals surface area contributed by atoms with Gasteiger partial charge in [0.2, 0.25) is 0 Å². The molecule has 5 rings (SSSR count). The third-order valence-electron chi connectivity index (χ3n) is 6.41. The average Bonchev–Trinajstić information content (AvgIpc) is 3.10. The van der Waals surface area contributed by atoms with Crippen LogP contribution in [0.3, 0.4) is 0 Å². The Morgan fingerprint density at radius 2 is 1.82 bits per heavy atom. The fraction of sp³-hybridized carbons (Fsp3) is 0.250. The van der Waals surface area contributed by atoms with Crippen LogP contribution in [0.5, 0.6) is 0 Å². The number of nitro benzene ring substituents is 1. The SMILES string of the molecule is O=[N+]([O-])c1ccccc1SC1CC2C(c3ccc(F)cc3)Nc3c(Cl)cc(Cl)cc3C2C1Cl. The van der Waals surface area contributed by atoms with Crippen molar-refractivity contribution >= 4 is 57.9 Å². The lowest BCUT2D eigenvalue weighted by Gasteiger charge is -2.39. The van der Waals surface area contributed by atoms with E-state index in [2.05, 4.69) is 5.32 Å². The number of thioether (sulfide) groups is 1. The third-order valence-corrected chi connectivity index (χ3v) is 9.03. The third kappa shape index (κ3) is 4.18. The van der Waals surface area contributed by atoms with Gasteiger partial charge in [0, 0.05) is 22.3 Å². The van der Waals surface area contributed by atoms with Gasteiger partial charge in [-0.3, -0.25) is 10.1 Å². The van der Waals surface area contributed by atoms with Gasteiger partial charge in [-0.15, -0.1) is 23.4 Å². The molecule has 2 aliphatic rings. The Labute approximate surface area is 209 Å². The van der Waals surface area contributed by atoms with Gasteiger partial charge < -0.3 is 5.32 Å². The van der Waals surface area contributed by atoms with Crippen LogP contribution in [0.15, 0.2) is 65.6 Å². The van der Waals surface area contributed by atoms with Crippen molar-refractivity contribution in [3.8, 4) is 0 Å². The van der Waals surface area contributed by atoms with Crippen molar-refractivity contribution in [1.82, 2.24) is 0 Å². The van der Waals surface area contributed by atoms with Crippen LogP contribution in [0.2, 0.25) is 10.0 Å². The Bertz CT molecular complexity index is 1230. The van der Waals surface area contributed by atoms with E-state index >= 15 is 0 Å². The van der Waals surface area contributed by atoms with Gasteiger partial charge in [-0.2, -0.15) is 0 Å². The maximum atomic E-state index is 13.6. The van der Waals surface area contributed by atoms with Crippen molar-refractivity contribution in [2.45, 2.75) is 33.9 Å². The predicted octanol–water partition coefficient (Wildman–Crippen LogP) is 8.08. The highest BCUT2D eigenvalue weighted by atomic mass is 35.5. The van der Waals surface area contributed by atoms with Crippen molar-refractivity contribution in [3.05, 3.63) is 97.8 Å². The standard InChI is InChI=1S/C24H18Cl3FN2O2S/c25-13-9-15-21-16(11-20(22(21)27)33-19-4-2-1-3-18(19)30(31)32)23(29-24(15)17(26)10-13)12-5-7-14(28)8-6-12/h1-10,16,20-23,29H,11H2. The number of benzene rings is 3. The molecule has 1 aliphatic carbocycles. The summed E-state index contributed by atoms with van der Waals surface area (Å²) in [7, 11) is 0. The number of fused-ring (bicyclic) bond motifs is 3. The van der Waals surface area contributed by atoms with Gasteiger partial charge in [-0.05, 0) is 53.8 Å². The molecule has 4 nitrogen and oxygen atoms in total. The molecule has 1 aliphatic heterocycles. The molecule has 0 spiro atoms. The van der Waals surface area contributed by atoms with Gasteiger partial charge in [0.15, 0.2) is 0 Å². The van der Waals surface area contributed by atoms with E-state index in [1.165, 1.54) is 30.0 Å². The maximum absolute atomic E-state index is 13.6. The Morgan fingerprint density at radius 3 is 2.55 bits per heavy atom. The summed E-state index contributed by atoms with van der Waals surface area (Å²) in [6.07, 6.45) is 0.716. The second-order valence-corrected chi connectivity index (χ2v) is 10.9. The molecule has 5 unspecified atom stereocenters. The van der Waals surface area contributed by atoms with Gasteiger partial charge in [0.1, 0.15) is 5.82 Å². The van der Waals surface area contributed by atoms with Crippen LogP contribution in [0.4, 0.5) is 15.8 Å². The number of rotatable bonds is 4. The lowest BCUT2D eigenvalue weighted by molar-refractivity contribution is -0.387. The summed E-state index contributed by atoms with van der Waals surface area (Å²) < 4.78 is 13.6. The minimum absolute atomic E-state index is 0.0697. The first-order valence-corrected chi connectivity index (χ1v) is 12.5. The fourth-order valence-electron chi connectivity index (χ4n) is 5.01. The van der Waals surface area contributed by atoms with E-state index in [4.69, 9.17) is 34.8 Å². The summed E-state index contributed by atoms with van der Waals surface area (Å²) in [4.78, 5) is 11.7. The first-order chi connectivity index (χ1) is 15.8. The first-order valence-electron chi connectivity index (χ1n) is 10.4. The lowest BCUT2D eigenvalue weighted by atomic mass is 9.77. The highest BCUT2D eigenvalue weighted by Gasteiger charge is 2.50. The minimum Gasteiger partial charge on any atom is -0.376 e. The largest absolute Gasteiger partial charge is 0.376 e. The summed E-state index contributed by atoms with van der Waals surface area (Å²) >= 11 is 21.4. The Morgan fingerprint density at radius 1 is 1.09 bits per heavy atom. The molecule has 3 aromatic rings. The van der Waals surface area contributed by atoms with E-state index in [9.17, 15) is 14.5 Å². The Hall–Kier alpha value is -1.99. The van der Waals surface area contributed by atoms with Gasteiger partial charge in [0.25, 0.3) is 5.69 Å². The highest BCUT2D eigenvalue weighted by molar-refractivity contribution is 8.00. The number of hydrogen-bond acceptors (Lipinski definition) is 4. The number of anilines is 1. The van der Waals surface area contributed by atoms with Crippen LogP contribution in [0, 0.1) is 21.8 Å². The number of halogens is 4. The zero-order valence-corrected chi connectivity index (χ0v) is 20.1. The van der Waals surface area contributed by atoms with Crippen LogP contribution >= 0.6 is 46.6 Å². The molecule has 0 amide bonds. The first kappa shape index (κ1) is 22.8. The molecular formula is C24H18Cl3FN2O2S. The smallest absolute Gasteiger partial charge is 0.282 e.